The molecule has 1 aromatic rings. The number of carbonyl (C=O) groups is 1. The summed E-state index contributed by atoms with van der Waals surface area (Å²) in [5.74, 6) is 0.977. The molecule has 0 atom stereocenters. The van der Waals surface area contributed by atoms with E-state index in [-0.39, 0.29) is 5.78 Å². The van der Waals surface area contributed by atoms with E-state index in [2.05, 4.69) is 4.98 Å². The van der Waals surface area contributed by atoms with E-state index >= 15 is 0 Å². The minimum atomic E-state index is 0.0763. The third-order valence-corrected chi connectivity index (χ3v) is 1.73. The maximum atomic E-state index is 11.0. The first-order valence-electron chi connectivity index (χ1n) is 3.70. The molecule has 0 spiro atoms. The van der Waals surface area contributed by atoms with Crippen molar-refractivity contribution in [2.45, 2.75) is 27.3 Å². The molecule has 0 aromatic carbocycles. The number of carbonyl (C=O) groups excluding carboxylic acids is 1. The molecule has 0 amide bonds. The largest absolute Gasteiger partial charge is 0.326 e. The molecule has 60 valence electrons. The Morgan fingerprint density at radius 3 is 2.73 bits per heavy atom. The zero-order chi connectivity index (χ0) is 8.43. The third-order valence-electron chi connectivity index (χ3n) is 1.73. The molecule has 0 N–H and O–H groups in total. The molecule has 0 fully saturated rings. The SMILES string of the molecule is CCn1c(C(C)=O)cnc1C. The van der Waals surface area contributed by atoms with E-state index in [1.807, 2.05) is 18.4 Å². The van der Waals surface area contributed by atoms with Crippen molar-refractivity contribution in [3.05, 3.63) is 17.7 Å². The molecule has 1 rings (SSSR count). The molecule has 11 heavy (non-hydrogen) atoms. The van der Waals surface area contributed by atoms with Gasteiger partial charge in [-0.05, 0) is 13.8 Å². The van der Waals surface area contributed by atoms with Gasteiger partial charge in [-0.3, -0.25) is 4.79 Å². The molecule has 1 aromatic heterocycles. The number of nitrogens with zero attached hydrogens (tertiary/aromatic N) is 2. The van der Waals surface area contributed by atoms with Gasteiger partial charge in [-0.25, -0.2) is 4.98 Å². The second-order valence-corrected chi connectivity index (χ2v) is 2.49. The fraction of sp³-hybridized carbons (Fsp3) is 0.500. The second-order valence-electron chi connectivity index (χ2n) is 2.49. The number of imidazole rings is 1. The Labute approximate surface area is 66.1 Å². The maximum absolute atomic E-state index is 11.0. The van der Waals surface area contributed by atoms with Crippen molar-refractivity contribution in [3.8, 4) is 0 Å². The van der Waals surface area contributed by atoms with Crippen LogP contribution in [0.5, 0.6) is 0 Å². The van der Waals surface area contributed by atoms with Gasteiger partial charge in [-0.15, -0.1) is 0 Å². The summed E-state index contributed by atoms with van der Waals surface area (Å²) in [5, 5.41) is 0. The molecule has 0 aliphatic carbocycles. The highest BCUT2D eigenvalue weighted by atomic mass is 16.1. The lowest BCUT2D eigenvalue weighted by atomic mass is 10.3. The van der Waals surface area contributed by atoms with Crippen molar-refractivity contribution in [2.75, 3.05) is 0 Å². The summed E-state index contributed by atoms with van der Waals surface area (Å²) in [4.78, 5) is 15.0. The van der Waals surface area contributed by atoms with Crippen molar-refractivity contribution >= 4 is 5.78 Å². The van der Waals surface area contributed by atoms with Gasteiger partial charge in [-0.1, -0.05) is 0 Å². The molecule has 0 radical (unpaired) electrons. The Bertz CT molecular complexity index is 276. The van der Waals surface area contributed by atoms with Crippen LogP contribution in [-0.4, -0.2) is 15.3 Å². The summed E-state index contributed by atoms with van der Waals surface area (Å²) < 4.78 is 1.91. The fourth-order valence-corrected chi connectivity index (χ4v) is 1.15. The van der Waals surface area contributed by atoms with Crippen LogP contribution in [0.15, 0.2) is 6.20 Å². The number of aromatic nitrogens is 2. The van der Waals surface area contributed by atoms with E-state index in [9.17, 15) is 4.79 Å². The molecule has 1 heterocycles. The summed E-state index contributed by atoms with van der Waals surface area (Å²) in [6, 6.07) is 0. The molecule has 0 aliphatic rings. The first-order chi connectivity index (χ1) is 5.16. The molecule has 0 saturated heterocycles. The highest BCUT2D eigenvalue weighted by Gasteiger charge is 2.07. The first kappa shape index (κ1) is 7.98. The van der Waals surface area contributed by atoms with Gasteiger partial charge in [0.15, 0.2) is 5.78 Å². The van der Waals surface area contributed by atoms with Crippen LogP contribution in [-0.2, 0) is 6.54 Å². The molecular weight excluding hydrogens is 140 g/mol. The number of hydrogen-bond acceptors (Lipinski definition) is 2. The zero-order valence-corrected chi connectivity index (χ0v) is 7.09. The van der Waals surface area contributed by atoms with Crippen molar-refractivity contribution < 1.29 is 4.79 Å². The van der Waals surface area contributed by atoms with Crippen LogP contribution in [0.3, 0.4) is 0 Å². The lowest BCUT2D eigenvalue weighted by Gasteiger charge is -2.02. The average molecular weight is 152 g/mol. The van der Waals surface area contributed by atoms with Gasteiger partial charge >= 0.3 is 0 Å². The summed E-state index contributed by atoms with van der Waals surface area (Å²) in [7, 11) is 0. The van der Waals surface area contributed by atoms with Gasteiger partial charge in [0.2, 0.25) is 0 Å². The number of Topliss-reactive ketones (excluding diaryl/α,β-unsaturated/α-hetero) is 1. The summed E-state index contributed by atoms with van der Waals surface area (Å²) in [6.45, 7) is 6.26. The highest BCUT2D eigenvalue weighted by molar-refractivity contribution is 5.92. The summed E-state index contributed by atoms with van der Waals surface area (Å²) in [6.07, 6.45) is 1.63. The lowest BCUT2D eigenvalue weighted by molar-refractivity contribution is 0.100. The molecule has 3 nitrogen and oxygen atoms in total. The predicted molar refractivity (Wildman–Crippen MR) is 42.6 cm³/mol. The van der Waals surface area contributed by atoms with Gasteiger partial charge in [-0.2, -0.15) is 0 Å². The van der Waals surface area contributed by atoms with E-state index in [1.54, 1.807) is 13.1 Å². The van der Waals surface area contributed by atoms with E-state index in [1.165, 1.54) is 0 Å². The number of ketones is 1. The Kier molecular flexibility index (Phi) is 2.08. The Morgan fingerprint density at radius 2 is 2.36 bits per heavy atom. The normalized spacial score (nSPS) is 10.1. The van der Waals surface area contributed by atoms with E-state index in [4.69, 9.17) is 0 Å². The van der Waals surface area contributed by atoms with Crippen LogP contribution in [0.2, 0.25) is 0 Å². The maximum Gasteiger partial charge on any atom is 0.177 e. The van der Waals surface area contributed by atoms with Gasteiger partial charge < -0.3 is 4.57 Å². The smallest absolute Gasteiger partial charge is 0.177 e. The van der Waals surface area contributed by atoms with Crippen molar-refractivity contribution in [1.82, 2.24) is 9.55 Å². The van der Waals surface area contributed by atoms with Gasteiger partial charge in [0.1, 0.15) is 11.5 Å². The van der Waals surface area contributed by atoms with Crippen LogP contribution in [0.25, 0.3) is 0 Å². The van der Waals surface area contributed by atoms with Gasteiger partial charge in [0.25, 0.3) is 0 Å². The standard InChI is InChI=1S/C8H12N2O/c1-4-10-7(3)9-5-8(10)6(2)11/h5H,4H2,1-3H3. The van der Waals surface area contributed by atoms with Crippen LogP contribution >= 0.6 is 0 Å². The van der Waals surface area contributed by atoms with Crippen molar-refractivity contribution in [1.29, 1.82) is 0 Å². The van der Waals surface area contributed by atoms with Crippen molar-refractivity contribution in [2.24, 2.45) is 0 Å². The van der Waals surface area contributed by atoms with Crippen LogP contribution in [0, 0.1) is 6.92 Å². The predicted octanol–water partition coefficient (Wildman–Crippen LogP) is 1.41. The van der Waals surface area contributed by atoms with Gasteiger partial charge in [0.05, 0.1) is 6.20 Å². The number of rotatable bonds is 2. The molecule has 0 aliphatic heterocycles. The van der Waals surface area contributed by atoms with Crippen LogP contribution < -0.4 is 0 Å². The fourth-order valence-electron chi connectivity index (χ4n) is 1.15. The molecule has 0 saturated carbocycles. The Morgan fingerprint density at radius 1 is 1.73 bits per heavy atom. The van der Waals surface area contributed by atoms with Crippen LogP contribution in [0.1, 0.15) is 30.2 Å². The summed E-state index contributed by atoms with van der Waals surface area (Å²) in [5.41, 5.74) is 0.699. The molecule has 0 unspecified atom stereocenters. The minimum absolute atomic E-state index is 0.0763. The lowest BCUT2D eigenvalue weighted by Crippen LogP contribution is -2.06. The molecule has 0 bridgehead atoms. The molecular formula is C8H12N2O. The van der Waals surface area contributed by atoms with Crippen LogP contribution in [0.4, 0.5) is 0 Å². The zero-order valence-electron chi connectivity index (χ0n) is 7.09. The molecule has 3 heteroatoms. The quantitative estimate of drug-likeness (QED) is 0.600. The van der Waals surface area contributed by atoms with E-state index < -0.39 is 0 Å². The average Bonchev–Trinajstić information content (AvgIpc) is 2.30. The van der Waals surface area contributed by atoms with E-state index in [0.717, 1.165) is 12.4 Å². The number of hydrogen-bond donors (Lipinski definition) is 0. The summed E-state index contributed by atoms with van der Waals surface area (Å²) >= 11 is 0. The topological polar surface area (TPSA) is 34.9 Å². The third kappa shape index (κ3) is 1.31. The van der Waals surface area contributed by atoms with Gasteiger partial charge in [0, 0.05) is 13.5 Å². The van der Waals surface area contributed by atoms with Crippen molar-refractivity contribution in [3.63, 3.8) is 0 Å². The Balaban J connectivity index is 3.15. The van der Waals surface area contributed by atoms with E-state index in [0.29, 0.717) is 5.69 Å². The second kappa shape index (κ2) is 2.86. The highest BCUT2D eigenvalue weighted by Crippen LogP contribution is 2.04. The monoisotopic (exact) mass is 152 g/mol. The first-order valence-corrected chi connectivity index (χ1v) is 3.70. The number of aryl methyl sites for hydroxylation is 1. The minimum Gasteiger partial charge on any atom is -0.326 e. The Hall–Kier alpha value is -1.12.